The molecule has 14 heavy (non-hydrogen) atoms. The fourth-order valence-electron chi connectivity index (χ4n) is 0.873. The third-order valence-electron chi connectivity index (χ3n) is 1.56. The average molecular weight is 225 g/mol. The topological polar surface area (TPSA) is 75.6 Å². The van der Waals surface area contributed by atoms with Crippen LogP contribution < -0.4 is 4.72 Å². The van der Waals surface area contributed by atoms with Crippen LogP contribution in [0.2, 0.25) is 0 Å². The van der Waals surface area contributed by atoms with E-state index < -0.39 is 10.0 Å². The van der Waals surface area contributed by atoms with Crippen LogP contribution in [0.15, 0.2) is 0 Å². The Hall–Kier alpha value is -0.170. The van der Waals surface area contributed by atoms with Gasteiger partial charge >= 0.3 is 0 Å². The molecule has 0 aliphatic carbocycles. The van der Waals surface area contributed by atoms with Crippen LogP contribution in [0.4, 0.5) is 0 Å². The van der Waals surface area contributed by atoms with Gasteiger partial charge in [0, 0.05) is 26.4 Å². The Bertz CT molecular complexity index is 215. The highest BCUT2D eigenvalue weighted by Gasteiger charge is 2.07. The van der Waals surface area contributed by atoms with Crippen LogP contribution in [0.1, 0.15) is 19.8 Å². The van der Waals surface area contributed by atoms with E-state index in [1.54, 1.807) is 0 Å². The Morgan fingerprint density at radius 1 is 1.36 bits per heavy atom. The predicted molar refractivity (Wildman–Crippen MR) is 54.6 cm³/mol. The monoisotopic (exact) mass is 225 g/mol. The Morgan fingerprint density at radius 2 is 2.07 bits per heavy atom. The van der Waals surface area contributed by atoms with Crippen LogP contribution in [0, 0.1) is 0 Å². The molecule has 0 saturated carbocycles. The van der Waals surface area contributed by atoms with E-state index in [0.717, 1.165) is 0 Å². The van der Waals surface area contributed by atoms with Crippen LogP contribution in [0.5, 0.6) is 0 Å². The highest BCUT2D eigenvalue weighted by molar-refractivity contribution is 7.89. The van der Waals surface area contributed by atoms with Gasteiger partial charge < -0.3 is 9.84 Å². The van der Waals surface area contributed by atoms with Gasteiger partial charge in [-0.05, 0) is 19.8 Å². The zero-order valence-electron chi connectivity index (χ0n) is 8.53. The second-order valence-electron chi connectivity index (χ2n) is 2.84. The molecular formula is C8H19NO4S. The third-order valence-corrected chi connectivity index (χ3v) is 3.03. The van der Waals surface area contributed by atoms with E-state index in [0.29, 0.717) is 26.2 Å². The highest BCUT2D eigenvalue weighted by Crippen LogP contribution is 1.89. The molecule has 86 valence electrons. The minimum Gasteiger partial charge on any atom is -0.396 e. The number of nitrogens with one attached hydrogen (secondary N) is 1. The highest BCUT2D eigenvalue weighted by atomic mass is 32.2. The van der Waals surface area contributed by atoms with Gasteiger partial charge in [0.15, 0.2) is 0 Å². The van der Waals surface area contributed by atoms with Gasteiger partial charge in [-0.2, -0.15) is 0 Å². The maximum Gasteiger partial charge on any atom is 0.211 e. The molecular weight excluding hydrogens is 206 g/mol. The first-order valence-electron chi connectivity index (χ1n) is 4.78. The Balaban J connectivity index is 3.46. The standard InChI is InChI=1S/C8H19NO4S/c1-2-13-7-3-5-9-14(11,12)8-4-6-10/h9-10H,2-8H2,1H3. The molecule has 0 saturated heterocycles. The quantitative estimate of drug-likeness (QED) is 0.529. The van der Waals surface area contributed by atoms with Crippen molar-refractivity contribution in [1.29, 1.82) is 0 Å². The molecule has 0 atom stereocenters. The van der Waals surface area contributed by atoms with E-state index in [-0.39, 0.29) is 18.8 Å². The van der Waals surface area contributed by atoms with Crippen molar-refractivity contribution in [2.45, 2.75) is 19.8 Å². The smallest absolute Gasteiger partial charge is 0.211 e. The minimum absolute atomic E-state index is 0.0157. The van der Waals surface area contributed by atoms with Crippen LogP contribution in [0.3, 0.4) is 0 Å². The van der Waals surface area contributed by atoms with Crippen LogP contribution in [-0.4, -0.2) is 45.6 Å². The summed E-state index contributed by atoms with van der Waals surface area (Å²) in [7, 11) is -3.20. The molecule has 0 rings (SSSR count). The largest absolute Gasteiger partial charge is 0.396 e. The fraction of sp³-hybridized carbons (Fsp3) is 1.00. The molecule has 0 fully saturated rings. The summed E-state index contributed by atoms with van der Waals surface area (Å²) in [5.74, 6) is -0.0157. The fourth-order valence-corrected chi connectivity index (χ4v) is 1.98. The predicted octanol–water partition coefficient (Wildman–Crippen LogP) is -0.285. The number of rotatable bonds is 9. The molecule has 0 radical (unpaired) electrons. The molecule has 6 heteroatoms. The minimum atomic E-state index is -3.20. The van der Waals surface area contributed by atoms with Gasteiger partial charge in [-0.1, -0.05) is 0 Å². The molecule has 0 spiro atoms. The number of hydrogen-bond donors (Lipinski definition) is 2. The summed E-state index contributed by atoms with van der Waals surface area (Å²) in [5.41, 5.74) is 0. The summed E-state index contributed by atoms with van der Waals surface area (Å²) in [6, 6.07) is 0. The normalized spacial score (nSPS) is 11.9. The summed E-state index contributed by atoms with van der Waals surface area (Å²) in [6.07, 6.45) is 0.951. The lowest BCUT2D eigenvalue weighted by atomic mass is 10.5. The molecule has 0 aliphatic rings. The van der Waals surface area contributed by atoms with Crippen LogP contribution in [0.25, 0.3) is 0 Å². The van der Waals surface area contributed by atoms with Gasteiger partial charge in [0.05, 0.1) is 5.75 Å². The molecule has 2 N–H and O–H groups in total. The maximum absolute atomic E-state index is 11.2. The summed E-state index contributed by atoms with van der Waals surface area (Å²) in [4.78, 5) is 0. The van der Waals surface area contributed by atoms with Crippen molar-refractivity contribution in [1.82, 2.24) is 4.72 Å². The molecule has 0 aromatic rings. The van der Waals surface area contributed by atoms with Crippen molar-refractivity contribution in [3.05, 3.63) is 0 Å². The van der Waals surface area contributed by atoms with Gasteiger partial charge in [-0.15, -0.1) is 0 Å². The van der Waals surface area contributed by atoms with Crippen molar-refractivity contribution in [3.63, 3.8) is 0 Å². The van der Waals surface area contributed by atoms with Crippen molar-refractivity contribution in [3.8, 4) is 0 Å². The summed E-state index contributed by atoms with van der Waals surface area (Å²) >= 11 is 0. The van der Waals surface area contributed by atoms with E-state index in [1.165, 1.54) is 0 Å². The van der Waals surface area contributed by atoms with Gasteiger partial charge in [0.2, 0.25) is 10.0 Å². The first kappa shape index (κ1) is 13.8. The Morgan fingerprint density at radius 3 is 2.64 bits per heavy atom. The van der Waals surface area contributed by atoms with Crippen molar-refractivity contribution >= 4 is 10.0 Å². The number of sulfonamides is 1. The van der Waals surface area contributed by atoms with Crippen LogP contribution >= 0.6 is 0 Å². The Kier molecular flexibility index (Phi) is 8.07. The van der Waals surface area contributed by atoms with E-state index in [9.17, 15) is 8.42 Å². The number of hydrogen-bond acceptors (Lipinski definition) is 4. The lowest BCUT2D eigenvalue weighted by Crippen LogP contribution is -2.28. The van der Waals surface area contributed by atoms with E-state index >= 15 is 0 Å². The van der Waals surface area contributed by atoms with E-state index in [2.05, 4.69) is 4.72 Å². The third kappa shape index (κ3) is 8.43. The molecule has 5 nitrogen and oxygen atoms in total. The van der Waals surface area contributed by atoms with Gasteiger partial charge in [0.1, 0.15) is 0 Å². The number of aliphatic hydroxyl groups is 1. The van der Waals surface area contributed by atoms with Gasteiger partial charge in [0.25, 0.3) is 0 Å². The first-order chi connectivity index (χ1) is 6.62. The molecule has 0 unspecified atom stereocenters. The molecule has 0 heterocycles. The zero-order chi connectivity index (χ0) is 10.9. The van der Waals surface area contributed by atoms with Crippen LogP contribution in [-0.2, 0) is 14.8 Å². The van der Waals surface area contributed by atoms with Crippen molar-refractivity contribution in [2.75, 3.05) is 32.1 Å². The summed E-state index contributed by atoms with van der Waals surface area (Å²) in [5, 5.41) is 8.46. The SMILES string of the molecule is CCOCCCNS(=O)(=O)CCCO. The maximum atomic E-state index is 11.2. The van der Waals surface area contributed by atoms with E-state index in [1.807, 2.05) is 6.92 Å². The van der Waals surface area contributed by atoms with E-state index in [4.69, 9.17) is 9.84 Å². The second kappa shape index (κ2) is 8.16. The average Bonchev–Trinajstić information content (AvgIpc) is 2.15. The lowest BCUT2D eigenvalue weighted by Gasteiger charge is -2.05. The zero-order valence-corrected chi connectivity index (χ0v) is 9.35. The molecule has 0 aromatic heterocycles. The molecule has 0 amide bonds. The van der Waals surface area contributed by atoms with Crippen molar-refractivity contribution in [2.24, 2.45) is 0 Å². The first-order valence-corrected chi connectivity index (χ1v) is 6.43. The second-order valence-corrected chi connectivity index (χ2v) is 4.77. The Labute approximate surface area is 85.5 Å². The van der Waals surface area contributed by atoms with Gasteiger partial charge in [-0.25, -0.2) is 13.1 Å². The summed E-state index contributed by atoms with van der Waals surface area (Å²) < 4.78 is 29.8. The molecule has 0 bridgehead atoms. The lowest BCUT2D eigenvalue weighted by molar-refractivity contribution is 0.146. The summed E-state index contributed by atoms with van der Waals surface area (Å²) in [6.45, 7) is 3.41. The number of aliphatic hydroxyl groups excluding tert-OH is 1. The van der Waals surface area contributed by atoms with Crippen molar-refractivity contribution < 1.29 is 18.3 Å². The molecule has 0 aliphatic heterocycles. The molecule has 0 aromatic carbocycles. The van der Waals surface area contributed by atoms with Gasteiger partial charge in [-0.3, -0.25) is 0 Å². The number of ether oxygens (including phenoxy) is 1.